The number of hydrogen-bond donors (Lipinski definition) is 0. The zero-order valence-electron chi connectivity index (χ0n) is 13.2. The average Bonchev–Trinajstić information content (AvgIpc) is 2.48. The number of hydrogen-bond acceptors (Lipinski definition) is 3. The SMILES string of the molecule is CN=C(N(C)C)N1CCN(c2ccccc2OC)CC1.I. The number of aliphatic imine (C=N–C) groups is 1. The molecule has 0 bridgehead atoms. The van der Waals surface area contributed by atoms with Crippen molar-refractivity contribution in [2.45, 2.75) is 0 Å². The van der Waals surface area contributed by atoms with E-state index >= 15 is 0 Å². The Labute approximate surface area is 144 Å². The largest absolute Gasteiger partial charge is 0.495 e. The highest BCUT2D eigenvalue weighted by atomic mass is 127. The highest BCUT2D eigenvalue weighted by Gasteiger charge is 2.22. The number of nitrogens with zero attached hydrogens (tertiary/aromatic N) is 4. The fraction of sp³-hybridized carbons (Fsp3) is 0.533. The number of piperazine rings is 1. The molecule has 0 unspecified atom stereocenters. The molecule has 0 amide bonds. The first-order chi connectivity index (χ1) is 9.67. The maximum Gasteiger partial charge on any atom is 0.195 e. The van der Waals surface area contributed by atoms with Crippen LogP contribution in [0.5, 0.6) is 5.75 Å². The summed E-state index contributed by atoms with van der Waals surface area (Å²) in [6.45, 7) is 3.91. The van der Waals surface area contributed by atoms with Gasteiger partial charge >= 0.3 is 0 Å². The molecule has 1 aromatic carbocycles. The second-order valence-electron chi connectivity index (χ2n) is 5.06. The summed E-state index contributed by atoms with van der Waals surface area (Å²) in [4.78, 5) is 11.1. The minimum absolute atomic E-state index is 0. The van der Waals surface area contributed by atoms with Crippen molar-refractivity contribution in [1.82, 2.24) is 9.80 Å². The lowest BCUT2D eigenvalue weighted by atomic mass is 10.2. The normalized spacial score (nSPS) is 15.5. The van der Waals surface area contributed by atoms with Gasteiger partial charge < -0.3 is 19.4 Å². The fourth-order valence-electron chi connectivity index (χ4n) is 2.66. The number of methoxy groups -OCH3 is 1. The van der Waals surface area contributed by atoms with E-state index in [1.54, 1.807) is 7.11 Å². The Morgan fingerprint density at radius 1 is 1.14 bits per heavy atom. The molecule has 0 saturated carbocycles. The van der Waals surface area contributed by atoms with Crippen molar-refractivity contribution in [3.8, 4) is 5.75 Å². The van der Waals surface area contributed by atoms with Gasteiger partial charge in [-0.05, 0) is 12.1 Å². The lowest BCUT2D eigenvalue weighted by Crippen LogP contribution is -2.52. The molecular formula is C15H25IN4O. The summed E-state index contributed by atoms with van der Waals surface area (Å²) in [7, 11) is 7.65. The summed E-state index contributed by atoms with van der Waals surface area (Å²) in [6.07, 6.45) is 0. The lowest BCUT2D eigenvalue weighted by molar-refractivity contribution is 0.340. The Hall–Kier alpha value is -1.18. The number of benzene rings is 1. The van der Waals surface area contributed by atoms with Crippen molar-refractivity contribution < 1.29 is 4.74 Å². The summed E-state index contributed by atoms with van der Waals surface area (Å²) in [5, 5.41) is 0. The summed E-state index contributed by atoms with van der Waals surface area (Å²) in [5.41, 5.74) is 1.18. The maximum atomic E-state index is 5.45. The Morgan fingerprint density at radius 3 is 2.29 bits per heavy atom. The highest BCUT2D eigenvalue weighted by molar-refractivity contribution is 14.0. The molecule has 1 aromatic rings. The molecule has 6 heteroatoms. The molecule has 1 aliphatic heterocycles. The smallest absolute Gasteiger partial charge is 0.195 e. The first-order valence-electron chi connectivity index (χ1n) is 6.94. The van der Waals surface area contributed by atoms with Crippen LogP contribution in [0.3, 0.4) is 0 Å². The Kier molecular flexibility index (Phi) is 7.07. The van der Waals surface area contributed by atoms with Gasteiger partial charge in [0.15, 0.2) is 5.96 Å². The van der Waals surface area contributed by atoms with Gasteiger partial charge in [-0.15, -0.1) is 24.0 Å². The van der Waals surface area contributed by atoms with E-state index in [1.165, 1.54) is 5.69 Å². The first kappa shape index (κ1) is 17.9. The summed E-state index contributed by atoms with van der Waals surface area (Å²) >= 11 is 0. The van der Waals surface area contributed by atoms with E-state index in [-0.39, 0.29) is 24.0 Å². The van der Waals surface area contributed by atoms with Gasteiger partial charge in [0.05, 0.1) is 12.8 Å². The van der Waals surface area contributed by atoms with Gasteiger partial charge in [-0.1, -0.05) is 12.1 Å². The second-order valence-corrected chi connectivity index (χ2v) is 5.06. The number of guanidine groups is 1. The van der Waals surface area contributed by atoms with E-state index in [4.69, 9.17) is 4.74 Å². The third-order valence-corrected chi connectivity index (χ3v) is 3.59. The minimum Gasteiger partial charge on any atom is -0.495 e. The van der Waals surface area contributed by atoms with E-state index < -0.39 is 0 Å². The van der Waals surface area contributed by atoms with Crippen molar-refractivity contribution in [2.75, 3.05) is 59.3 Å². The lowest BCUT2D eigenvalue weighted by Gasteiger charge is -2.39. The predicted molar refractivity (Wildman–Crippen MR) is 99.2 cm³/mol. The second kappa shape index (κ2) is 8.31. The van der Waals surface area contributed by atoms with Crippen LogP contribution in [-0.2, 0) is 0 Å². The standard InChI is InChI=1S/C15H24N4O.HI/c1-16-15(17(2)3)19-11-9-18(10-12-19)13-7-5-6-8-14(13)20-4;/h5-8H,9-12H2,1-4H3;1H. The number of rotatable bonds is 2. The van der Waals surface area contributed by atoms with Crippen LogP contribution in [-0.4, -0.2) is 70.2 Å². The van der Waals surface area contributed by atoms with Crippen LogP contribution in [0.2, 0.25) is 0 Å². The van der Waals surface area contributed by atoms with Gasteiger partial charge in [-0.25, -0.2) is 0 Å². The summed E-state index contributed by atoms with van der Waals surface area (Å²) in [5.74, 6) is 1.99. The predicted octanol–water partition coefficient (Wildman–Crippen LogP) is 1.98. The Bertz CT molecular complexity index is 470. The Morgan fingerprint density at radius 2 is 1.76 bits per heavy atom. The Balaban J connectivity index is 0.00000220. The van der Waals surface area contributed by atoms with Gasteiger partial charge in [0, 0.05) is 47.3 Å². The minimum atomic E-state index is 0. The molecule has 0 spiro atoms. The van der Waals surface area contributed by atoms with Crippen LogP contribution in [0.4, 0.5) is 5.69 Å². The van der Waals surface area contributed by atoms with Crippen molar-refractivity contribution in [3.05, 3.63) is 24.3 Å². The van der Waals surface area contributed by atoms with Gasteiger partial charge in [0.25, 0.3) is 0 Å². The van der Waals surface area contributed by atoms with Gasteiger partial charge in [-0.3, -0.25) is 4.99 Å². The van der Waals surface area contributed by atoms with Crippen molar-refractivity contribution in [2.24, 2.45) is 4.99 Å². The molecule has 5 nitrogen and oxygen atoms in total. The molecule has 1 saturated heterocycles. The molecule has 21 heavy (non-hydrogen) atoms. The zero-order chi connectivity index (χ0) is 14.5. The molecule has 1 heterocycles. The maximum absolute atomic E-state index is 5.45. The van der Waals surface area contributed by atoms with Crippen LogP contribution in [0.1, 0.15) is 0 Å². The average molecular weight is 404 g/mol. The zero-order valence-corrected chi connectivity index (χ0v) is 15.6. The van der Waals surface area contributed by atoms with Gasteiger partial charge in [-0.2, -0.15) is 0 Å². The molecule has 0 aromatic heterocycles. The van der Waals surface area contributed by atoms with Gasteiger partial charge in [0.1, 0.15) is 5.75 Å². The molecule has 0 atom stereocenters. The van der Waals surface area contributed by atoms with E-state index in [9.17, 15) is 0 Å². The molecule has 0 aliphatic carbocycles. The molecule has 118 valence electrons. The quantitative estimate of drug-likeness (QED) is 0.429. The van der Waals surface area contributed by atoms with Crippen LogP contribution in [0, 0.1) is 0 Å². The summed E-state index contributed by atoms with van der Waals surface area (Å²) in [6, 6.07) is 8.20. The van der Waals surface area contributed by atoms with Crippen molar-refractivity contribution >= 4 is 35.6 Å². The van der Waals surface area contributed by atoms with E-state index in [2.05, 4.69) is 31.8 Å². The molecular weight excluding hydrogens is 379 g/mol. The van der Waals surface area contributed by atoms with Crippen LogP contribution >= 0.6 is 24.0 Å². The number of anilines is 1. The highest BCUT2D eigenvalue weighted by Crippen LogP contribution is 2.28. The first-order valence-corrected chi connectivity index (χ1v) is 6.94. The topological polar surface area (TPSA) is 31.3 Å². The van der Waals surface area contributed by atoms with Crippen LogP contribution < -0.4 is 9.64 Å². The van der Waals surface area contributed by atoms with Crippen LogP contribution in [0.25, 0.3) is 0 Å². The van der Waals surface area contributed by atoms with Crippen LogP contribution in [0.15, 0.2) is 29.3 Å². The molecule has 0 N–H and O–H groups in total. The molecule has 2 rings (SSSR count). The third kappa shape index (κ3) is 4.15. The van der Waals surface area contributed by atoms with Gasteiger partial charge in [0.2, 0.25) is 0 Å². The number of halogens is 1. The fourth-order valence-corrected chi connectivity index (χ4v) is 2.66. The van der Waals surface area contributed by atoms with E-state index in [0.29, 0.717) is 0 Å². The molecule has 1 aliphatic rings. The monoisotopic (exact) mass is 404 g/mol. The number of ether oxygens (including phenoxy) is 1. The van der Waals surface area contributed by atoms with Crippen molar-refractivity contribution in [1.29, 1.82) is 0 Å². The molecule has 1 fully saturated rings. The molecule has 0 radical (unpaired) electrons. The number of para-hydroxylation sites is 2. The summed E-state index contributed by atoms with van der Waals surface area (Å²) < 4.78 is 5.45. The van der Waals surface area contributed by atoms with E-state index in [1.807, 2.05) is 33.3 Å². The van der Waals surface area contributed by atoms with Crippen molar-refractivity contribution in [3.63, 3.8) is 0 Å². The third-order valence-electron chi connectivity index (χ3n) is 3.59. The van der Waals surface area contributed by atoms with E-state index in [0.717, 1.165) is 37.9 Å².